The predicted molar refractivity (Wildman–Crippen MR) is 44.5 cm³/mol. The first-order chi connectivity index (χ1) is 5.38. The van der Waals surface area contributed by atoms with Crippen molar-refractivity contribution < 1.29 is 0 Å². The third-order valence-corrected chi connectivity index (χ3v) is 2.43. The van der Waals surface area contributed by atoms with Crippen LogP contribution in [0.2, 0.25) is 0 Å². The molecule has 2 aliphatic rings. The monoisotopic (exact) mass is 148 g/mol. The molecule has 1 heterocycles. The second kappa shape index (κ2) is 2.61. The lowest BCUT2D eigenvalue weighted by Crippen LogP contribution is -2.17. The van der Waals surface area contributed by atoms with Crippen LogP contribution in [0.3, 0.4) is 0 Å². The van der Waals surface area contributed by atoms with Gasteiger partial charge in [0.15, 0.2) is 0 Å². The fraction of sp³-hybridized carbons (Fsp3) is 0.556. The van der Waals surface area contributed by atoms with Gasteiger partial charge in [0.05, 0.1) is 13.1 Å². The van der Waals surface area contributed by atoms with Gasteiger partial charge in [-0.25, -0.2) is 0 Å². The largest absolute Gasteiger partial charge is 0.193 e. The van der Waals surface area contributed by atoms with Gasteiger partial charge in [0.25, 0.3) is 0 Å². The van der Waals surface area contributed by atoms with Crippen LogP contribution >= 0.6 is 0 Å². The van der Waals surface area contributed by atoms with Crippen molar-refractivity contribution in [2.45, 2.75) is 13.3 Å². The van der Waals surface area contributed by atoms with E-state index >= 15 is 0 Å². The smallest absolute Gasteiger partial charge is 0.0818 e. The predicted octanol–water partition coefficient (Wildman–Crippen LogP) is 2.34. The zero-order chi connectivity index (χ0) is 7.68. The first-order valence-electron chi connectivity index (χ1n) is 4.07. The van der Waals surface area contributed by atoms with Crippen molar-refractivity contribution in [2.24, 2.45) is 16.1 Å². The molecule has 11 heavy (non-hydrogen) atoms. The zero-order valence-corrected chi connectivity index (χ0v) is 6.75. The van der Waals surface area contributed by atoms with Crippen LogP contribution in [-0.4, -0.2) is 13.1 Å². The van der Waals surface area contributed by atoms with Gasteiger partial charge in [-0.3, -0.25) is 0 Å². The van der Waals surface area contributed by atoms with Crippen LogP contribution in [0.25, 0.3) is 0 Å². The van der Waals surface area contributed by atoms with Crippen LogP contribution in [0.4, 0.5) is 0 Å². The second-order valence-electron chi connectivity index (χ2n) is 3.17. The lowest BCUT2D eigenvalue weighted by atomic mass is 9.87. The van der Waals surface area contributed by atoms with Crippen LogP contribution in [0.5, 0.6) is 0 Å². The molecule has 1 atom stereocenters. The van der Waals surface area contributed by atoms with Crippen molar-refractivity contribution in [3.05, 3.63) is 23.3 Å². The highest BCUT2D eigenvalue weighted by atomic mass is 15.1. The number of azo groups is 1. The fourth-order valence-corrected chi connectivity index (χ4v) is 1.70. The second-order valence-corrected chi connectivity index (χ2v) is 3.17. The Kier molecular flexibility index (Phi) is 1.60. The SMILES string of the molecule is CC1=C2CN=NCC2CC=C1. The molecular formula is C9H12N2. The van der Waals surface area contributed by atoms with E-state index in [0.29, 0.717) is 5.92 Å². The number of rotatable bonds is 0. The van der Waals surface area contributed by atoms with E-state index in [1.165, 1.54) is 11.1 Å². The molecule has 0 spiro atoms. The van der Waals surface area contributed by atoms with Gasteiger partial charge in [0.2, 0.25) is 0 Å². The van der Waals surface area contributed by atoms with Gasteiger partial charge in [-0.2, -0.15) is 10.2 Å². The molecule has 0 aromatic carbocycles. The van der Waals surface area contributed by atoms with E-state index in [9.17, 15) is 0 Å². The van der Waals surface area contributed by atoms with Crippen molar-refractivity contribution in [3.8, 4) is 0 Å². The first kappa shape index (κ1) is 6.77. The molecule has 1 unspecified atom stereocenters. The summed E-state index contributed by atoms with van der Waals surface area (Å²) in [5.41, 5.74) is 2.90. The lowest BCUT2D eigenvalue weighted by molar-refractivity contribution is 0.555. The van der Waals surface area contributed by atoms with Crippen LogP contribution in [0.1, 0.15) is 13.3 Å². The van der Waals surface area contributed by atoms with Crippen LogP contribution in [0.15, 0.2) is 33.5 Å². The van der Waals surface area contributed by atoms with Crippen molar-refractivity contribution in [1.82, 2.24) is 0 Å². The van der Waals surface area contributed by atoms with Crippen molar-refractivity contribution >= 4 is 0 Å². The normalized spacial score (nSPS) is 29.0. The van der Waals surface area contributed by atoms with Crippen LogP contribution in [0, 0.1) is 5.92 Å². The van der Waals surface area contributed by atoms with Crippen LogP contribution < -0.4 is 0 Å². The molecule has 0 fully saturated rings. The highest BCUT2D eigenvalue weighted by Gasteiger charge is 2.19. The molecule has 0 N–H and O–H groups in total. The average Bonchev–Trinajstić information content (AvgIpc) is 2.06. The van der Waals surface area contributed by atoms with E-state index in [0.717, 1.165) is 19.5 Å². The van der Waals surface area contributed by atoms with Crippen LogP contribution in [-0.2, 0) is 0 Å². The summed E-state index contributed by atoms with van der Waals surface area (Å²) in [6, 6.07) is 0. The minimum absolute atomic E-state index is 0.664. The summed E-state index contributed by atoms with van der Waals surface area (Å²) in [6.07, 6.45) is 5.60. The molecular weight excluding hydrogens is 136 g/mol. The third-order valence-electron chi connectivity index (χ3n) is 2.43. The molecule has 58 valence electrons. The van der Waals surface area contributed by atoms with Gasteiger partial charge in [0, 0.05) is 5.92 Å². The molecule has 2 rings (SSSR count). The first-order valence-corrected chi connectivity index (χ1v) is 4.07. The molecule has 1 aliphatic carbocycles. The Balaban J connectivity index is 2.33. The van der Waals surface area contributed by atoms with Crippen molar-refractivity contribution in [3.63, 3.8) is 0 Å². The summed E-state index contributed by atoms with van der Waals surface area (Å²) in [5.74, 6) is 0.664. The van der Waals surface area contributed by atoms with Gasteiger partial charge in [-0.05, 0) is 24.5 Å². The molecule has 0 saturated heterocycles. The van der Waals surface area contributed by atoms with E-state index in [1.807, 2.05) is 0 Å². The molecule has 0 saturated carbocycles. The summed E-state index contributed by atoms with van der Waals surface area (Å²) in [5, 5.41) is 8.10. The summed E-state index contributed by atoms with van der Waals surface area (Å²) in [4.78, 5) is 0. The standard InChI is InChI=1S/C9H12N2/c1-7-3-2-4-8-5-10-11-6-9(7)8/h2-3,8H,4-6H2,1H3. The molecule has 0 aromatic heterocycles. The third kappa shape index (κ3) is 1.13. The summed E-state index contributed by atoms with van der Waals surface area (Å²) in [6.45, 7) is 3.90. The number of nitrogens with zero attached hydrogens (tertiary/aromatic N) is 2. The number of fused-ring (bicyclic) bond motifs is 1. The summed E-state index contributed by atoms with van der Waals surface area (Å²) < 4.78 is 0. The maximum Gasteiger partial charge on any atom is 0.0818 e. The maximum absolute atomic E-state index is 4.05. The number of hydrogen-bond acceptors (Lipinski definition) is 2. The Morgan fingerprint density at radius 3 is 3.18 bits per heavy atom. The van der Waals surface area contributed by atoms with E-state index in [2.05, 4.69) is 29.3 Å². The minimum atomic E-state index is 0.664. The highest BCUT2D eigenvalue weighted by molar-refractivity contribution is 5.31. The topological polar surface area (TPSA) is 24.7 Å². The summed E-state index contributed by atoms with van der Waals surface area (Å²) in [7, 11) is 0. The average molecular weight is 148 g/mol. The zero-order valence-electron chi connectivity index (χ0n) is 6.75. The quantitative estimate of drug-likeness (QED) is 0.503. The Labute approximate surface area is 66.7 Å². The van der Waals surface area contributed by atoms with E-state index in [-0.39, 0.29) is 0 Å². The Hall–Kier alpha value is -0.920. The molecule has 1 aliphatic heterocycles. The Bertz CT molecular complexity index is 248. The fourth-order valence-electron chi connectivity index (χ4n) is 1.70. The molecule has 0 aromatic rings. The molecule has 0 radical (unpaired) electrons. The van der Waals surface area contributed by atoms with E-state index < -0.39 is 0 Å². The number of hydrogen-bond donors (Lipinski definition) is 0. The van der Waals surface area contributed by atoms with E-state index in [1.54, 1.807) is 0 Å². The number of allylic oxidation sites excluding steroid dienone is 3. The summed E-state index contributed by atoms with van der Waals surface area (Å²) >= 11 is 0. The van der Waals surface area contributed by atoms with Crippen molar-refractivity contribution in [1.29, 1.82) is 0 Å². The van der Waals surface area contributed by atoms with Gasteiger partial charge in [-0.15, -0.1) is 0 Å². The Morgan fingerprint density at radius 2 is 2.36 bits per heavy atom. The molecule has 2 nitrogen and oxygen atoms in total. The highest BCUT2D eigenvalue weighted by Crippen LogP contribution is 2.28. The van der Waals surface area contributed by atoms with Gasteiger partial charge in [-0.1, -0.05) is 12.2 Å². The van der Waals surface area contributed by atoms with Gasteiger partial charge >= 0.3 is 0 Å². The van der Waals surface area contributed by atoms with Gasteiger partial charge in [0.1, 0.15) is 0 Å². The van der Waals surface area contributed by atoms with Gasteiger partial charge < -0.3 is 0 Å². The van der Waals surface area contributed by atoms with Crippen molar-refractivity contribution in [2.75, 3.05) is 13.1 Å². The Morgan fingerprint density at radius 1 is 1.45 bits per heavy atom. The molecule has 0 bridgehead atoms. The minimum Gasteiger partial charge on any atom is -0.193 e. The maximum atomic E-state index is 4.05. The lowest BCUT2D eigenvalue weighted by Gasteiger charge is -2.23. The molecule has 2 heteroatoms. The molecule has 0 amide bonds. The van der Waals surface area contributed by atoms with E-state index in [4.69, 9.17) is 0 Å².